The Morgan fingerprint density at radius 3 is 2.33 bits per heavy atom. The summed E-state index contributed by atoms with van der Waals surface area (Å²) in [6.45, 7) is -1.26. The molecule has 0 saturated heterocycles. The van der Waals surface area contributed by atoms with Crippen molar-refractivity contribution in [1.82, 2.24) is 5.32 Å². The Labute approximate surface area is 118 Å². The SMILES string of the molecule is O=C(O)/C=C/C(=O)NCc1ccc(OCC(F)(F)F)cc1. The number of halogens is 3. The third-order valence-corrected chi connectivity index (χ3v) is 2.17. The smallest absolute Gasteiger partial charge is 0.422 e. The summed E-state index contributed by atoms with van der Waals surface area (Å²) >= 11 is 0. The van der Waals surface area contributed by atoms with Gasteiger partial charge in [-0.2, -0.15) is 13.2 Å². The highest BCUT2D eigenvalue weighted by Crippen LogP contribution is 2.18. The third-order valence-electron chi connectivity index (χ3n) is 2.17. The molecular formula is C13H12F3NO4. The molecule has 0 radical (unpaired) electrons. The van der Waals surface area contributed by atoms with Gasteiger partial charge in [0, 0.05) is 18.7 Å². The number of carbonyl (C=O) groups excluding carboxylic acids is 1. The minimum atomic E-state index is -4.40. The van der Waals surface area contributed by atoms with Gasteiger partial charge in [0.15, 0.2) is 6.61 Å². The lowest BCUT2D eigenvalue weighted by Gasteiger charge is -2.09. The Bertz CT molecular complexity index is 523. The maximum absolute atomic E-state index is 11.9. The molecule has 0 aliphatic carbocycles. The van der Waals surface area contributed by atoms with Crippen LogP contribution in [0, 0.1) is 0 Å². The van der Waals surface area contributed by atoms with Crippen LogP contribution >= 0.6 is 0 Å². The predicted octanol–water partition coefficient (Wildman–Crippen LogP) is 1.88. The monoisotopic (exact) mass is 303 g/mol. The van der Waals surface area contributed by atoms with Gasteiger partial charge in [0.1, 0.15) is 5.75 Å². The fraction of sp³-hybridized carbons (Fsp3) is 0.231. The summed E-state index contributed by atoms with van der Waals surface area (Å²) in [6, 6.07) is 5.68. The molecule has 1 amide bonds. The fourth-order valence-corrected chi connectivity index (χ4v) is 1.26. The first-order valence-electron chi connectivity index (χ1n) is 5.73. The largest absolute Gasteiger partial charge is 0.484 e. The minimum Gasteiger partial charge on any atom is -0.484 e. The topological polar surface area (TPSA) is 75.6 Å². The van der Waals surface area contributed by atoms with Crippen LogP contribution in [0.4, 0.5) is 13.2 Å². The number of carbonyl (C=O) groups is 2. The number of hydrogen-bond donors (Lipinski definition) is 2. The quantitative estimate of drug-likeness (QED) is 0.787. The van der Waals surface area contributed by atoms with Gasteiger partial charge in [-0.3, -0.25) is 4.79 Å². The number of rotatable bonds is 6. The van der Waals surface area contributed by atoms with E-state index in [0.29, 0.717) is 11.6 Å². The molecule has 5 nitrogen and oxygen atoms in total. The van der Waals surface area contributed by atoms with Crippen molar-refractivity contribution in [3.8, 4) is 5.75 Å². The van der Waals surface area contributed by atoms with E-state index < -0.39 is 24.7 Å². The molecule has 0 unspecified atom stereocenters. The lowest BCUT2D eigenvalue weighted by Crippen LogP contribution is -2.20. The molecule has 0 bridgehead atoms. The van der Waals surface area contributed by atoms with Crippen LogP contribution < -0.4 is 10.1 Å². The molecule has 114 valence electrons. The van der Waals surface area contributed by atoms with Gasteiger partial charge >= 0.3 is 12.1 Å². The number of carboxylic acid groups (broad SMARTS) is 1. The maximum atomic E-state index is 11.9. The summed E-state index contributed by atoms with van der Waals surface area (Å²) in [6.07, 6.45) is -2.84. The van der Waals surface area contributed by atoms with Crippen molar-refractivity contribution in [2.24, 2.45) is 0 Å². The summed E-state index contributed by atoms with van der Waals surface area (Å²) < 4.78 is 40.3. The van der Waals surface area contributed by atoms with Gasteiger partial charge in [-0.05, 0) is 17.7 Å². The molecular weight excluding hydrogens is 291 g/mol. The highest BCUT2D eigenvalue weighted by atomic mass is 19.4. The van der Waals surface area contributed by atoms with Crippen LogP contribution in [0.25, 0.3) is 0 Å². The molecule has 0 heterocycles. The molecule has 0 aliphatic rings. The molecule has 0 fully saturated rings. The molecule has 1 aromatic carbocycles. The van der Waals surface area contributed by atoms with E-state index in [4.69, 9.17) is 5.11 Å². The van der Waals surface area contributed by atoms with Crippen LogP contribution in [0.3, 0.4) is 0 Å². The van der Waals surface area contributed by atoms with Gasteiger partial charge in [-0.1, -0.05) is 12.1 Å². The zero-order valence-electron chi connectivity index (χ0n) is 10.7. The number of ether oxygens (including phenoxy) is 1. The van der Waals surface area contributed by atoms with Crippen LogP contribution in [0.15, 0.2) is 36.4 Å². The van der Waals surface area contributed by atoms with E-state index in [1.165, 1.54) is 24.3 Å². The predicted molar refractivity (Wildman–Crippen MR) is 66.6 cm³/mol. The van der Waals surface area contributed by atoms with Crippen LogP contribution in [0.1, 0.15) is 5.56 Å². The van der Waals surface area contributed by atoms with Crippen molar-refractivity contribution < 1.29 is 32.6 Å². The van der Waals surface area contributed by atoms with Gasteiger partial charge in [-0.15, -0.1) is 0 Å². The highest BCUT2D eigenvalue weighted by molar-refractivity contribution is 5.93. The highest BCUT2D eigenvalue weighted by Gasteiger charge is 2.28. The van der Waals surface area contributed by atoms with E-state index >= 15 is 0 Å². The molecule has 0 aliphatic heterocycles. The van der Waals surface area contributed by atoms with Gasteiger partial charge in [0.05, 0.1) is 0 Å². The van der Waals surface area contributed by atoms with E-state index in [2.05, 4.69) is 10.1 Å². The number of benzene rings is 1. The Balaban J connectivity index is 2.44. The van der Waals surface area contributed by atoms with Crippen molar-refractivity contribution in [3.05, 3.63) is 42.0 Å². The van der Waals surface area contributed by atoms with Crippen molar-refractivity contribution in [3.63, 3.8) is 0 Å². The fourth-order valence-electron chi connectivity index (χ4n) is 1.26. The molecule has 21 heavy (non-hydrogen) atoms. The number of aliphatic carboxylic acids is 1. The van der Waals surface area contributed by atoms with Gasteiger partial charge < -0.3 is 15.2 Å². The van der Waals surface area contributed by atoms with E-state index in [9.17, 15) is 22.8 Å². The summed E-state index contributed by atoms with van der Waals surface area (Å²) in [5.41, 5.74) is 0.631. The second-order valence-corrected chi connectivity index (χ2v) is 3.94. The molecule has 0 saturated carbocycles. The first-order valence-corrected chi connectivity index (χ1v) is 5.73. The average Bonchev–Trinajstić information content (AvgIpc) is 2.41. The van der Waals surface area contributed by atoms with Crippen LogP contribution in [-0.2, 0) is 16.1 Å². The normalized spacial score (nSPS) is 11.4. The first-order chi connectivity index (χ1) is 9.76. The van der Waals surface area contributed by atoms with Crippen molar-refractivity contribution in [2.45, 2.75) is 12.7 Å². The summed E-state index contributed by atoms with van der Waals surface area (Å²) in [5.74, 6) is -1.76. The Morgan fingerprint density at radius 1 is 1.19 bits per heavy atom. The lowest BCUT2D eigenvalue weighted by molar-refractivity contribution is -0.153. The molecule has 0 spiro atoms. The van der Waals surface area contributed by atoms with Gasteiger partial charge in [0.25, 0.3) is 0 Å². The minimum absolute atomic E-state index is 0.0631. The molecule has 2 N–H and O–H groups in total. The van der Waals surface area contributed by atoms with Gasteiger partial charge in [-0.25, -0.2) is 4.79 Å². The number of hydrogen-bond acceptors (Lipinski definition) is 3. The van der Waals surface area contributed by atoms with Gasteiger partial charge in [0.2, 0.25) is 5.91 Å². The first kappa shape index (κ1) is 16.5. The third kappa shape index (κ3) is 7.61. The number of alkyl halides is 3. The molecule has 0 atom stereocenters. The van der Waals surface area contributed by atoms with Crippen LogP contribution in [0.5, 0.6) is 5.75 Å². The lowest BCUT2D eigenvalue weighted by atomic mass is 10.2. The standard InChI is InChI=1S/C13H12F3NO4/c14-13(15,16)8-21-10-3-1-9(2-4-10)7-17-11(18)5-6-12(19)20/h1-6H,7-8H2,(H,17,18)(H,19,20)/b6-5+. The Kier molecular flexibility index (Phi) is 5.77. The van der Waals surface area contributed by atoms with Crippen LogP contribution in [0.2, 0.25) is 0 Å². The van der Waals surface area contributed by atoms with Crippen molar-refractivity contribution in [1.29, 1.82) is 0 Å². The molecule has 0 aromatic heterocycles. The van der Waals surface area contributed by atoms with E-state index in [0.717, 1.165) is 6.08 Å². The zero-order valence-corrected chi connectivity index (χ0v) is 10.7. The molecule has 1 aromatic rings. The molecule has 8 heteroatoms. The van der Waals surface area contributed by atoms with Crippen LogP contribution in [-0.4, -0.2) is 29.8 Å². The van der Waals surface area contributed by atoms with Crippen molar-refractivity contribution in [2.75, 3.05) is 6.61 Å². The van der Waals surface area contributed by atoms with Crippen molar-refractivity contribution >= 4 is 11.9 Å². The van der Waals surface area contributed by atoms with E-state index in [-0.39, 0.29) is 12.3 Å². The summed E-state index contributed by atoms with van der Waals surface area (Å²) in [4.78, 5) is 21.4. The number of nitrogens with one attached hydrogen (secondary N) is 1. The summed E-state index contributed by atoms with van der Waals surface area (Å²) in [5, 5.41) is 10.7. The molecule has 1 rings (SSSR count). The second kappa shape index (κ2) is 7.32. The number of amides is 1. The Hall–Kier alpha value is -2.51. The van der Waals surface area contributed by atoms with E-state index in [1.807, 2.05) is 0 Å². The average molecular weight is 303 g/mol. The summed E-state index contributed by atoms with van der Waals surface area (Å²) in [7, 11) is 0. The second-order valence-electron chi connectivity index (χ2n) is 3.94. The Morgan fingerprint density at radius 2 is 1.81 bits per heavy atom. The number of carboxylic acids is 1. The van der Waals surface area contributed by atoms with E-state index in [1.54, 1.807) is 0 Å². The maximum Gasteiger partial charge on any atom is 0.422 e. The zero-order chi connectivity index (χ0) is 15.9.